The first-order valence-electron chi connectivity index (χ1n) is 6.90. The van der Waals surface area contributed by atoms with E-state index in [2.05, 4.69) is 33.5 Å². The number of benzene rings is 1. The van der Waals surface area contributed by atoms with E-state index in [1.807, 2.05) is 18.2 Å². The minimum absolute atomic E-state index is 0.425. The lowest BCUT2D eigenvalue weighted by molar-refractivity contribution is 0.912. The summed E-state index contributed by atoms with van der Waals surface area (Å²) in [7, 11) is 0. The molecule has 1 aromatic heterocycles. The molecule has 2 aromatic rings. The summed E-state index contributed by atoms with van der Waals surface area (Å²) < 4.78 is 0. The summed E-state index contributed by atoms with van der Waals surface area (Å²) in [5.74, 6) is 0.425. The highest BCUT2D eigenvalue weighted by molar-refractivity contribution is 5.92. The van der Waals surface area contributed by atoms with Gasteiger partial charge in [-0.05, 0) is 54.7 Å². The predicted molar refractivity (Wildman–Crippen MR) is 81.7 cm³/mol. The second-order valence-electron chi connectivity index (χ2n) is 4.98. The number of aromatic nitrogens is 1. The van der Waals surface area contributed by atoms with Gasteiger partial charge >= 0.3 is 0 Å². The minimum Gasteiger partial charge on any atom is -0.370 e. The van der Waals surface area contributed by atoms with Gasteiger partial charge in [-0.2, -0.15) is 0 Å². The summed E-state index contributed by atoms with van der Waals surface area (Å²) in [5, 5.41) is 3.14. The van der Waals surface area contributed by atoms with E-state index < -0.39 is 0 Å². The highest BCUT2D eigenvalue weighted by Crippen LogP contribution is 2.24. The maximum Gasteiger partial charge on any atom is 0.193 e. The fourth-order valence-corrected chi connectivity index (χ4v) is 2.49. The number of hydrogen-bond acceptors (Lipinski definition) is 2. The van der Waals surface area contributed by atoms with Gasteiger partial charge in [0.15, 0.2) is 5.96 Å². The zero-order valence-electron chi connectivity index (χ0n) is 11.3. The average molecular weight is 266 g/mol. The molecule has 1 heterocycles. The van der Waals surface area contributed by atoms with Crippen molar-refractivity contribution < 1.29 is 0 Å². The number of rotatable bonds is 3. The Morgan fingerprint density at radius 3 is 2.95 bits per heavy atom. The predicted octanol–water partition coefficient (Wildman–Crippen LogP) is 2.50. The number of anilines is 1. The highest BCUT2D eigenvalue weighted by Gasteiger charge is 2.10. The maximum atomic E-state index is 5.91. The lowest BCUT2D eigenvalue weighted by atomic mass is 10.1. The molecule has 0 atom stereocenters. The van der Waals surface area contributed by atoms with Crippen molar-refractivity contribution in [1.29, 1.82) is 0 Å². The molecule has 3 rings (SSSR count). The van der Waals surface area contributed by atoms with E-state index in [0.29, 0.717) is 12.5 Å². The monoisotopic (exact) mass is 266 g/mol. The number of aryl methyl sites for hydroxylation is 2. The second-order valence-corrected chi connectivity index (χ2v) is 4.98. The Morgan fingerprint density at radius 2 is 2.10 bits per heavy atom. The first-order valence-corrected chi connectivity index (χ1v) is 6.90. The number of fused-ring (bicyclic) bond motifs is 1. The van der Waals surface area contributed by atoms with E-state index in [1.54, 1.807) is 6.20 Å². The molecule has 0 fully saturated rings. The van der Waals surface area contributed by atoms with Crippen LogP contribution in [0.5, 0.6) is 0 Å². The summed E-state index contributed by atoms with van der Waals surface area (Å²) in [6.45, 7) is 0.491. The molecule has 1 aliphatic rings. The van der Waals surface area contributed by atoms with Crippen molar-refractivity contribution in [2.45, 2.75) is 25.8 Å². The number of aliphatic imine (C=N–C) groups is 1. The van der Waals surface area contributed by atoms with Crippen LogP contribution < -0.4 is 11.1 Å². The van der Waals surface area contributed by atoms with Crippen molar-refractivity contribution in [3.63, 3.8) is 0 Å². The third kappa shape index (κ3) is 2.96. The molecule has 3 N–H and O–H groups in total. The summed E-state index contributed by atoms with van der Waals surface area (Å²) in [4.78, 5) is 8.52. The van der Waals surface area contributed by atoms with Crippen molar-refractivity contribution in [2.24, 2.45) is 10.7 Å². The van der Waals surface area contributed by atoms with Crippen molar-refractivity contribution >= 4 is 11.6 Å². The standard InChI is InChI=1S/C16H18N4/c17-16(19-11-15-6-1-2-9-18-15)20-14-8-7-12-4-3-5-13(12)10-14/h1-2,6-10H,3-5,11H2,(H3,17,19,20). The van der Waals surface area contributed by atoms with Gasteiger partial charge in [0.1, 0.15) is 0 Å². The van der Waals surface area contributed by atoms with Crippen molar-refractivity contribution in [3.8, 4) is 0 Å². The number of guanidine groups is 1. The van der Waals surface area contributed by atoms with Gasteiger partial charge in [-0.15, -0.1) is 0 Å². The summed E-state index contributed by atoms with van der Waals surface area (Å²) in [6.07, 6.45) is 5.37. The van der Waals surface area contributed by atoms with Crippen LogP contribution in [0.3, 0.4) is 0 Å². The molecule has 0 amide bonds. The average Bonchev–Trinajstić information content (AvgIpc) is 2.94. The van der Waals surface area contributed by atoms with E-state index >= 15 is 0 Å². The topological polar surface area (TPSA) is 63.3 Å². The normalized spacial score (nSPS) is 14.1. The minimum atomic E-state index is 0.425. The number of pyridine rings is 1. The van der Waals surface area contributed by atoms with Crippen molar-refractivity contribution in [3.05, 3.63) is 59.4 Å². The summed E-state index contributed by atoms with van der Waals surface area (Å²) in [5.41, 5.74) is 10.7. The number of nitrogens with two attached hydrogens (primary N) is 1. The molecular formula is C16H18N4. The first kappa shape index (κ1) is 12.7. The molecule has 0 saturated carbocycles. The quantitative estimate of drug-likeness (QED) is 0.662. The van der Waals surface area contributed by atoms with Gasteiger partial charge in [0.2, 0.25) is 0 Å². The Hall–Kier alpha value is -2.36. The fraction of sp³-hybridized carbons (Fsp3) is 0.250. The van der Waals surface area contributed by atoms with E-state index in [1.165, 1.54) is 24.0 Å². The number of nitrogens with one attached hydrogen (secondary N) is 1. The van der Waals surface area contributed by atoms with Crippen LogP contribution in [0.15, 0.2) is 47.6 Å². The van der Waals surface area contributed by atoms with Crippen LogP contribution in [0.4, 0.5) is 5.69 Å². The van der Waals surface area contributed by atoms with Gasteiger partial charge in [0.05, 0.1) is 12.2 Å². The third-order valence-electron chi connectivity index (χ3n) is 3.51. The molecule has 20 heavy (non-hydrogen) atoms. The molecule has 4 nitrogen and oxygen atoms in total. The van der Waals surface area contributed by atoms with Gasteiger partial charge in [-0.25, -0.2) is 4.99 Å². The van der Waals surface area contributed by atoms with E-state index in [4.69, 9.17) is 5.73 Å². The SMILES string of the molecule is NC(=NCc1ccccn1)Nc1ccc2c(c1)CCC2. The summed E-state index contributed by atoms with van der Waals surface area (Å²) >= 11 is 0. The Balaban J connectivity index is 1.65. The van der Waals surface area contributed by atoms with Crippen LogP contribution in [0, 0.1) is 0 Å². The Labute approximate surface area is 118 Å². The van der Waals surface area contributed by atoms with Gasteiger partial charge in [0, 0.05) is 11.9 Å². The molecule has 0 radical (unpaired) electrons. The van der Waals surface area contributed by atoms with Gasteiger partial charge < -0.3 is 11.1 Å². The molecule has 0 aliphatic heterocycles. The van der Waals surface area contributed by atoms with Crippen molar-refractivity contribution in [2.75, 3.05) is 5.32 Å². The maximum absolute atomic E-state index is 5.91. The Morgan fingerprint density at radius 1 is 1.20 bits per heavy atom. The molecule has 1 aromatic carbocycles. The third-order valence-corrected chi connectivity index (χ3v) is 3.51. The molecule has 0 unspecified atom stereocenters. The van der Waals surface area contributed by atoms with Crippen LogP contribution in [0.25, 0.3) is 0 Å². The molecule has 0 spiro atoms. The zero-order valence-corrected chi connectivity index (χ0v) is 11.3. The van der Waals surface area contributed by atoms with Gasteiger partial charge in [0.25, 0.3) is 0 Å². The lowest BCUT2D eigenvalue weighted by Gasteiger charge is -2.07. The van der Waals surface area contributed by atoms with Gasteiger partial charge in [-0.3, -0.25) is 4.98 Å². The molecule has 1 aliphatic carbocycles. The smallest absolute Gasteiger partial charge is 0.193 e. The van der Waals surface area contributed by atoms with Crippen LogP contribution in [0.2, 0.25) is 0 Å². The molecule has 0 saturated heterocycles. The zero-order chi connectivity index (χ0) is 13.8. The largest absolute Gasteiger partial charge is 0.370 e. The number of hydrogen-bond donors (Lipinski definition) is 2. The van der Waals surface area contributed by atoms with Crippen LogP contribution in [0.1, 0.15) is 23.2 Å². The van der Waals surface area contributed by atoms with Crippen LogP contribution in [-0.2, 0) is 19.4 Å². The highest BCUT2D eigenvalue weighted by atomic mass is 15.1. The second kappa shape index (κ2) is 5.74. The molecule has 0 bridgehead atoms. The first-order chi connectivity index (χ1) is 9.81. The van der Waals surface area contributed by atoms with Crippen LogP contribution in [-0.4, -0.2) is 10.9 Å². The fourth-order valence-electron chi connectivity index (χ4n) is 2.49. The van der Waals surface area contributed by atoms with Crippen molar-refractivity contribution in [1.82, 2.24) is 4.98 Å². The van der Waals surface area contributed by atoms with E-state index in [9.17, 15) is 0 Å². The Bertz CT molecular complexity index is 620. The molecule has 4 heteroatoms. The summed E-state index contributed by atoms with van der Waals surface area (Å²) in [6, 6.07) is 12.2. The molecule has 102 valence electrons. The Kier molecular flexibility index (Phi) is 3.63. The van der Waals surface area contributed by atoms with Gasteiger partial charge in [-0.1, -0.05) is 12.1 Å². The van der Waals surface area contributed by atoms with E-state index in [0.717, 1.165) is 17.8 Å². The lowest BCUT2D eigenvalue weighted by Crippen LogP contribution is -2.22. The van der Waals surface area contributed by atoms with E-state index in [-0.39, 0.29) is 0 Å². The molecular weight excluding hydrogens is 248 g/mol. The number of nitrogens with zero attached hydrogens (tertiary/aromatic N) is 2. The van der Waals surface area contributed by atoms with Crippen LogP contribution >= 0.6 is 0 Å².